The van der Waals surface area contributed by atoms with Crippen LogP contribution in [0.25, 0.3) is 4.85 Å². The number of aliphatic carboxylic acids is 1. The number of benzene rings is 1. The van der Waals surface area contributed by atoms with Crippen LogP contribution in [0.5, 0.6) is 0 Å². The summed E-state index contributed by atoms with van der Waals surface area (Å²) in [6, 6.07) is 3.52. The Morgan fingerprint density at radius 1 is 1.53 bits per heavy atom. The average Bonchev–Trinajstić information content (AvgIpc) is 2.20. The summed E-state index contributed by atoms with van der Waals surface area (Å²) < 4.78 is 0. The summed E-state index contributed by atoms with van der Waals surface area (Å²) >= 11 is 0. The van der Waals surface area contributed by atoms with Gasteiger partial charge in [0, 0.05) is 0 Å². The number of carbonyl (C=O) groups is 1. The molecule has 0 saturated heterocycles. The second-order valence-electron chi connectivity index (χ2n) is 3.44. The van der Waals surface area contributed by atoms with Crippen molar-refractivity contribution in [1.29, 1.82) is 0 Å². The fourth-order valence-corrected chi connectivity index (χ4v) is 1.65. The van der Waals surface area contributed by atoms with E-state index in [2.05, 4.69) is 4.85 Å². The molecule has 0 atom stereocenters. The summed E-state index contributed by atoms with van der Waals surface area (Å²) in [5.74, 6) is -0.830. The van der Waals surface area contributed by atoms with Crippen molar-refractivity contribution >= 4 is 11.7 Å². The van der Waals surface area contributed by atoms with Gasteiger partial charge in [-0.1, -0.05) is 30.2 Å². The van der Waals surface area contributed by atoms with Crippen LogP contribution >= 0.6 is 0 Å². The lowest BCUT2D eigenvalue weighted by molar-refractivity contribution is -0.136. The van der Waals surface area contributed by atoms with Crippen molar-refractivity contribution < 1.29 is 9.90 Å². The minimum Gasteiger partial charge on any atom is -0.481 e. The highest BCUT2D eigenvalue weighted by Crippen LogP contribution is 2.23. The molecule has 0 saturated carbocycles. The third-order valence-electron chi connectivity index (χ3n) is 2.39. The molecule has 0 bridgehead atoms. The van der Waals surface area contributed by atoms with E-state index in [1.807, 2.05) is 13.8 Å². The molecular weight excluding hydrogens is 190 g/mol. The van der Waals surface area contributed by atoms with Crippen LogP contribution in [0.3, 0.4) is 0 Å². The molecule has 0 spiro atoms. The molecule has 0 aliphatic carbocycles. The van der Waals surface area contributed by atoms with Crippen molar-refractivity contribution in [3.05, 3.63) is 40.2 Å². The van der Waals surface area contributed by atoms with E-state index in [0.29, 0.717) is 5.69 Å². The van der Waals surface area contributed by atoms with Gasteiger partial charge in [0.2, 0.25) is 0 Å². The number of carboxylic acids is 1. The highest BCUT2D eigenvalue weighted by molar-refractivity contribution is 5.72. The Kier molecular flexibility index (Phi) is 3.46. The molecule has 0 heterocycles. The SMILES string of the molecule is [C-]#[N+]c1cc(C)c(CC(=O)O)c(CC)c1. The van der Waals surface area contributed by atoms with Gasteiger partial charge >= 0.3 is 5.97 Å². The van der Waals surface area contributed by atoms with Crippen LogP contribution in [0, 0.1) is 13.5 Å². The smallest absolute Gasteiger partial charge is 0.307 e. The minimum absolute atomic E-state index is 0.0350. The van der Waals surface area contributed by atoms with Gasteiger partial charge in [0.05, 0.1) is 13.0 Å². The molecule has 1 rings (SSSR count). The van der Waals surface area contributed by atoms with Gasteiger partial charge in [-0.25, -0.2) is 4.85 Å². The molecule has 78 valence electrons. The van der Waals surface area contributed by atoms with E-state index in [9.17, 15) is 4.79 Å². The molecule has 3 heteroatoms. The van der Waals surface area contributed by atoms with Gasteiger partial charge in [-0.2, -0.15) is 0 Å². The van der Waals surface area contributed by atoms with Crippen molar-refractivity contribution in [3.8, 4) is 0 Å². The third-order valence-corrected chi connectivity index (χ3v) is 2.39. The Morgan fingerprint density at radius 3 is 2.67 bits per heavy atom. The summed E-state index contributed by atoms with van der Waals surface area (Å²) in [5, 5.41) is 8.78. The van der Waals surface area contributed by atoms with Gasteiger partial charge in [0.1, 0.15) is 0 Å². The van der Waals surface area contributed by atoms with Crippen molar-refractivity contribution in [3.63, 3.8) is 0 Å². The Morgan fingerprint density at radius 2 is 2.20 bits per heavy atom. The van der Waals surface area contributed by atoms with Gasteiger partial charge in [0.15, 0.2) is 5.69 Å². The Balaban J connectivity index is 3.25. The number of aryl methyl sites for hydroxylation is 2. The Labute approximate surface area is 89.2 Å². The molecule has 3 nitrogen and oxygen atoms in total. The van der Waals surface area contributed by atoms with E-state index in [1.165, 1.54) is 0 Å². The van der Waals surface area contributed by atoms with E-state index in [4.69, 9.17) is 11.7 Å². The largest absolute Gasteiger partial charge is 0.481 e. The first-order chi connectivity index (χ1) is 7.08. The predicted molar refractivity (Wildman–Crippen MR) is 58.2 cm³/mol. The van der Waals surface area contributed by atoms with Crippen LogP contribution < -0.4 is 0 Å². The van der Waals surface area contributed by atoms with Crippen LogP contribution in [0.4, 0.5) is 5.69 Å². The van der Waals surface area contributed by atoms with Crippen molar-refractivity contribution in [2.24, 2.45) is 0 Å². The number of carboxylic acid groups (broad SMARTS) is 1. The lowest BCUT2D eigenvalue weighted by atomic mass is 9.96. The van der Waals surface area contributed by atoms with Crippen molar-refractivity contribution in [1.82, 2.24) is 0 Å². The van der Waals surface area contributed by atoms with Gasteiger partial charge in [0.25, 0.3) is 0 Å². The van der Waals surface area contributed by atoms with E-state index >= 15 is 0 Å². The third kappa shape index (κ3) is 2.57. The second-order valence-corrected chi connectivity index (χ2v) is 3.44. The topological polar surface area (TPSA) is 41.7 Å². The zero-order valence-corrected chi connectivity index (χ0v) is 8.87. The van der Waals surface area contributed by atoms with Gasteiger partial charge in [-0.3, -0.25) is 4.79 Å². The van der Waals surface area contributed by atoms with E-state index in [0.717, 1.165) is 23.1 Å². The summed E-state index contributed by atoms with van der Waals surface area (Å²) in [6.07, 6.45) is 0.792. The maximum Gasteiger partial charge on any atom is 0.307 e. The van der Waals surface area contributed by atoms with Crippen LogP contribution in [0.2, 0.25) is 0 Å². The van der Waals surface area contributed by atoms with Crippen LogP contribution in [0.1, 0.15) is 23.6 Å². The molecule has 0 aliphatic heterocycles. The van der Waals surface area contributed by atoms with E-state index < -0.39 is 5.97 Å². The first-order valence-electron chi connectivity index (χ1n) is 4.80. The van der Waals surface area contributed by atoms with Crippen molar-refractivity contribution in [2.45, 2.75) is 26.7 Å². The normalized spacial score (nSPS) is 9.67. The van der Waals surface area contributed by atoms with E-state index in [-0.39, 0.29) is 6.42 Å². The zero-order chi connectivity index (χ0) is 11.4. The number of nitrogens with zero attached hydrogens (tertiary/aromatic N) is 1. The van der Waals surface area contributed by atoms with E-state index in [1.54, 1.807) is 12.1 Å². The zero-order valence-electron chi connectivity index (χ0n) is 8.87. The molecule has 0 aliphatic rings. The minimum atomic E-state index is -0.830. The standard InChI is InChI=1S/C12H13NO2/c1-4-9-6-10(13-3)5-8(2)11(9)7-12(14)15/h5-6H,4,7H2,1-2H3,(H,14,15). The highest BCUT2D eigenvalue weighted by atomic mass is 16.4. The molecular formula is C12H13NO2. The molecule has 0 amide bonds. The molecule has 1 N–H and O–H groups in total. The lowest BCUT2D eigenvalue weighted by Crippen LogP contribution is -2.05. The number of hydrogen-bond acceptors (Lipinski definition) is 1. The quantitative estimate of drug-likeness (QED) is 0.767. The highest BCUT2D eigenvalue weighted by Gasteiger charge is 2.10. The molecule has 1 aromatic carbocycles. The predicted octanol–water partition coefficient (Wildman–Crippen LogP) is 2.74. The van der Waals surface area contributed by atoms with Crippen LogP contribution in [-0.2, 0) is 17.6 Å². The molecule has 0 aromatic heterocycles. The Bertz CT molecular complexity index is 430. The first-order valence-corrected chi connectivity index (χ1v) is 4.80. The molecule has 0 radical (unpaired) electrons. The molecule has 1 aromatic rings. The molecule has 15 heavy (non-hydrogen) atoms. The van der Waals surface area contributed by atoms with Gasteiger partial charge in [-0.05, 0) is 18.9 Å². The van der Waals surface area contributed by atoms with Crippen LogP contribution in [0.15, 0.2) is 12.1 Å². The van der Waals surface area contributed by atoms with Gasteiger partial charge in [-0.15, -0.1) is 0 Å². The maximum absolute atomic E-state index is 10.7. The summed E-state index contributed by atoms with van der Waals surface area (Å²) in [7, 11) is 0. The summed E-state index contributed by atoms with van der Waals surface area (Å²) in [6.45, 7) is 10.8. The summed E-state index contributed by atoms with van der Waals surface area (Å²) in [5.41, 5.74) is 3.28. The number of hydrogen-bond donors (Lipinski definition) is 1. The van der Waals surface area contributed by atoms with Crippen LogP contribution in [-0.4, -0.2) is 11.1 Å². The second kappa shape index (κ2) is 4.61. The molecule has 0 fully saturated rings. The average molecular weight is 203 g/mol. The Hall–Kier alpha value is -1.82. The van der Waals surface area contributed by atoms with Crippen molar-refractivity contribution in [2.75, 3.05) is 0 Å². The summed E-state index contributed by atoms with van der Waals surface area (Å²) in [4.78, 5) is 14.0. The maximum atomic E-state index is 10.7. The fraction of sp³-hybridized carbons (Fsp3) is 0.333. The molecule has 0 unspecified atom stereocenters. The van der Waals surface area contributed by atoms with Gasteiger partial charge < -0.3 is 5.11 Å². The first kappa shape index (κ1) is 11.3. The number of rotatable bonds is 3. The lowest BCUT2D eigenvalue weighted by Gasteiger charge is -2.10. The fourth-order valence-electron chi connectivity index (χ4n) is 1.65. The monoisotopic (exact) mass is 203 g/mol.